The van der Waals surface area contributed by atoms with Gasteiger partial charge in [0.2, 0.25) is 0 Å². The first-order chi connectivity index (χ1) is 8.13. The molecule has 1 saturated carbocycles. The van der Waals surface area contributed by atoms with E-state index in [0.29, 0.717) is 29.1 Å². The number of phenolic OH excluding ortho intramolecular Hbond substituents is 2. The Hall–Kier alpha value is -2.04. The van der Waals surface area contributed by atoms with Crippen LogP contribution in [0.5, 0.6) is 11.5 Å². The van der Waals surface area contributed by atoms with Crippen LogP contribution in [0.25, 0.3) is 11.5 Å². The van der Waals surface area contributed by atoms with Gasteiger partial charge in [0, 0.05) is 17.5 Å². The van der Waals surface area contributed by atoms with Crippen molar-refractivity contribution in [2.45, 2.75) is 19.3 Å². The van der Waals surface area contributed by atoms with Crippen molar-refractivity contribution >= 4 is 0 Å². The highest BCUT2D eigenvalue weighted by Crippen LogP contribution is 2.45. The zero-order valence-corrected chi connectivity index (χ0v) is 9.29. The molecular formula is C12H12N2O3. The maximum Gasteiger partial charge on any atom is 0.258 e. The van der Waals surface area contributed by atoms with Gasteiger partial charge in [0.05, 0.1) is 0 Å². The second-order valence-electron chi connectivity index (χ2n) is 4.52. The number of hydrogen-bond acceptors (Lipinski definition) is 5. The molecule has 5 nitrogen and oxygen atoms in total. The van der Waals surface area contributed by atoms with Gasteiger partial charge in [0.1, 0.15) is 11.5 Å². The van der Waals surface area contributed by atoms with Crippen molar-refractivity contribution in [2.75, 3.05) is 0 Å². The maximum absolute atomic E-state index is 9.38. The summed E-state index contributed by atoms with van der Waals surface area (Å²) in [7, 11) is 0. The highest BCUT2D eigenvalue weighted by Gasteiger charge is 2.38. The summed E-state index contributed by atoms with van der Waals surface area (Å²) in [5.41, 5.74) is 0.523. The SMILES string of the molecule is CC1CC1c1noc(-c2cc(O)cc(O)c2)n1. The van der Waals surface area contributed by atoms with Gasteiger partial charge in [0.15, 0.2) is 5.82 Å². The summed E-state index contributed by atoms with van der Waals surface area (Å²) < 4.78 is 5.13. The van der Waals surface area contributed by atoms with Crippen LogP contribution in [-0.4, -0.2) is 20.4 Å². The number of aromatic nitrogens is 2. The Bertz CT molecular complexity index is 544. The van der Waals surface area contributed by atoms with E-state index in [1.54, 1.807) is 0 Å². The minimum atomic E-state index is -0.0282. The van der Waals surface area contributed by atoms with Crippen LogP contribution in [0.2, 0.25) is 0 Å². The Morgan fingerprint density at radius 1 is 1.24 bits per heavy atom. The van der Waals surface area contributed by atoms with Gasteiger partial charge >= 0.3 is 0 Å². The van der Waals surface area contributed by atoms with Crippen LogP contribution in [-0.2, 0) is 0 Å². The van der Waals surface area contributed by atoms with E-state index in [2.05, 4.69) is 17.1 Å². The molecule has 1 fully saturated rings. The van der Waals surface area contributed by atoms with Crippen LogP contribution in [0.15, 0.2) is 22.7 Å². The van der Waals surface area contributed by atoms with Gasteiger partial charge in [-0.2, -0.15) is 4.98 Å². The molecule has 0 amide bonds. The van der Waals surface area contributed by atoms with E-state index in [4.69, 9.17) is 4.52 Å². The molecular weight excluding hydrogens is 220 g/mol. The van der Waals surface area contributed by atoms with Crippen LogP contribution in [0.4, 0.5) is 0 Å². The van der Waals surface area contributed by atoms with Crippen LogP contribution in [0.3, 0.4) is 0 Å². The lowest BCUT2D eigenvalue weighted by atomic mass is 10.2. The molecule has 1 aliphatic carbocycles. The molecule has 0 radical (unpaired) electrons. The lowest BCUT2D eigenvalue weighted by Crippen LogP contribution is -1.84. The van der Waals surface area contributed by atoms with Crippen LogP contribution < -0.4 is 0 Å². The second-order valence-corrected chi connectivity index (χ2v) is 4.52. The first-order valence-electron chi connectivity index (χ1n) is 5.50. The van der Waals surface area contributed by atoms with Gasteiger partial charge in [-0.25, -0.2) is 0 Å². The van der Waals surface area contributed by atoms with Gasteiger partial charge < -0.3 is 14.7 Å². The van der Waals surface area contributed by atoms with Crippen molar-refractivity contribution in [3.63, 3.8) is 0 Å². The molecule has 1 aromatic carbocycles. The average molecular weight is 232 g/mol. The standard InChI is InChI=1S/C12H12N2O3/c1-6-2-10(6)11-13-12(17-14-11)7-3-8(15)5-9(16)4-7/h3-6,10,15-16H,2H2,1H3. The Labute approximate surface area is 97.7 Å². The van der Waals surface area contributed by atoms with E-state index < -0.39 is 0 Å². The summed E-state index contributed by atoms with van der Waals surface area (Å²) in [5.74, 6) is 1.97. The average Bonchev–Trinajstić information content (AvgIpc) is 2.80. The lowest BCUT2D eigenvalue weighted by molar-refractivity contribution is 0.419. The predicted octanol–water partition coefficient (Wildman–Crippen LogP) is 2.27. The van der Waals surface area contributed by atoms with E-state index in [-0.39, 0.29) is 11.5 Å². The topological polar surface area (TPSA) is 79.4 Å². The number of phenols is 2. The van der Waals surface area contributed by atoms with Gasteiger partial charge in [0.25, 0.3) is 5.89 Å². The smallest absolute Gasteiger partial charge is 0.258 e. The largest absolute Gasteiger partial charge is 0.508 e. The number of hydrogen-bond donors (Lipinski definition) is 2. The highest BCUT2D eigenvalue weighted by molar-refractivity contribution is 5.58. The quantitative estimate of drug-likeness (QED) is 0.830. The Morgan fingerprint density at radius 3 is 2.47 bits per heavy atom. The van der Waals surface area contributed by atoms with Crippen molar-refractivity contribution in [3.05, 3.63) is 24.0 Å². The van der Waals surface area contributed by atoms with E-state index in [0.717, 1.165) is 6.42 Å². The van der Waals surface area contributed by atoms with Gasteiger partial charge in [-0.1, -0.05) is 12.1 Å². The molecule has 17 heavy (non-hydrogen) atoms. The predicted molar refractivity (Wildman–Crippen MR) is 59.6 cm³/mol. The Morgan fingerprint density at radius 2 is 1.88 bits per heavy atom. The number of nitrogens with zero attached hydrogens (tertiary/aromatic N) is 2. The van der Waals surface area contributed by atoms with E-state index >= 15 is 0 Å². The lowest BCUT2D eigenvalue weighted by Gasteiger charge is -1.97. The normalized spacial score (nSPS) is 22.6. The molecule has 2 aromatic rings. The molecule has 2 N–H and O–H groups in total. The summed E-state index contributed by atoms with van der Waals surface area (Å²) in [6.07, 6.45) is 1.09. The first kappa shape index (κ1) is 10.1. The number of benzene rings is 1. The monoisotopic (exact) mass is 232 g/mol. The molecule has 1 aromatic heterocycles. The molecule has 2 atom stereocenters. The zero-order valence-electron chi connectivity index (χ0n) is 9.29. The number of aromatic hydroxyl groups is 2. The van der Waals surface area contributed by atoms with Crippen molar-refractivity contribution in [2.24, 2.45) is 5.92 Å². The minimum Gasteiger partial charge on any atom is -0.508 e. The third-order valence-electron chi connectivity index (χ3n) is 3.03. The fourth-order valence-electron chi connectivity index (χ4n) is 1.90. The Balaban J connectivity index is 1.95. The van der Waals surface area contributed by atoms with E-state index in [1.165, 1.54) is 18.2 Å². The molecule has 1 aliphatic rings. The van der Waals surface area contributed by atoms with E-state index in [1.807, 2.05) is 0 Å². The van der Waals surface area contributed by atoms with Gasteiger partial charge in [-0.15, -0.1) is 0 Å². The van der Waals surface area contributed by atoms with Crippen molar-refractivity contribution < 1.29 is 14.7 Å². The highest BCUT2D eigenvalue weighted by atomic mass is 16.5. The zero-order chi connectivity index (χ0) is 12.0. The Kier molecular flexibility index (Phi) is 2.07. The van der Waals surface area contributed by atoms with Crippen molar-refractivity contribution in [1.82, 2.24) is 10.1 Å². The minimum absolute atomic E-state index is 0.0282. The summed E-state index contributed by atoms with van der Waals surface area (Å²) in [6.45, 7) is 2.14. The summed E-state index contributed by atoms with van der Waals surface area (Å²) >= 11 is 0. The summed E-state index contributed by atoms with van der Waals surface area (Å²) in [4.78, 5) is 4.28. The van der Waals surface area contributed by atoms with Crippen molar-refractivity contribution in [1.29, 1.82) is 0 Å². The van der Waals surface area contributed by atoms with Crippen LogP contribution >= 0.6 is 0 Å². The first-order valence-corrected chi connectivity index (χ1v) is 5.50. The summed E-state index contributed by atoms with van der Waals surface area (Å²) in [6, 6.07) is 4.21. The molecule has 0 bridgehead atoms. The fourth-order valence-corrected chi connectivity index (χ4v) is 1.90. The molecule has 5 heteroatoms. The molecule has 0 aliphatic heterocycles. The van der Waals surface area contributed by atoms with Crippen LogP contribution in [0.1, 0.15) is 25.1 Å². The molecule has 0 spiro atoms. The molecule has 0 saturated heterocycles. The van der Waals surface area contributed by atoms with E-state index in [9.17, 15) is 10.2 Å². The third kappa shape index (κ3) is 1.84. The fraction of sp³-hybridized carbons (Fsp3) is 0.333. The maximum atomic E-state index is 9.38. The van der Waals surface area contributed by atoms with Crippen molar-refractivity contribution in [3.8, 4) is 23.0 Å². The molecule has 1 heterocycles. The summed E-state index contributed by atoms with van der Waals surface area (Å²) in [5, 5.41) is 22.7. The van der Waals surface area contributed by atoms with Gasteiger partial charge in [-0.05, 0) is 24.5 Å². The van der Waals surface area contributed by atoms with Crippen LogP contribution in [0, 0.1) is 5.92 Å². The van der Waals surface area contributed by atoms with Gasteiger partial charge in [-0.3, -0.25) is 0 Å². The second kappa shape index (κ2) is 3.48. The third-order valence-corrected chi connectivity index (χ3v) is 3.03. The molecule has 2 unspecified atom stereocenters. The molecule has 88 valence electrons. The number of rotatable bonds is 2. The molecule has 3 rings (SSSR count).